The van der Waals surface area contributed by atoms with Gasteiger partial charge in [-0.3, -0.25) is 4.79 Å². The second kappa shape index (κ2) is 5.27. The molecule has 0 spiro atoms. The molecule has 59 valence electrons. The maximum Gasteiger partial charge on any atom is 0.222 e. The molecule has 0 aliphatic heterocycles. The van der Waals surface area contributed by atoms with Crippen LogP contribution in [0.25, 0.3) is 0 Å². The van der Waals surface area contributed by atoms with E-state index in [1.807, 2.05) is 18.7 Å². The first-order chi connectivity index (χ1) is 4.76. The molecule has 2 heteroatoms. The molecule has 0 aliphatic carbocycles. The first-order valence-corrected chi connectivity index (χ1v) is 3.83. The van der Waals surface area contributed by atoms with Gasteiger partial charge in [0.25, 0.3) is 0 Å². The van der Waals surface area contributed by atoms with E-state index in [4.69, 9.17) is 0 Å². The highest BCUT2D eigenvalue weighted by Gasteiger charge is 2.05. The summed E-state index contributed by atoms with van der Waals surface area (Å²) in [6.07, 6.45) is 1.41. The molecule has 0 heterocycles. The van der Waals surface area contributed by atoms with Gasteiger partial charge in [-0.15, -0.1) is 0 Å². The normalized spacial score (nSPS) is 9.50. The number of carbonyl (C=O) groups is 1. The van der Waals surface area contributed by atoms with Crippen molar-refractivity contribution < 1.29 is 4.79 Å². The number of hydrogen-bond donors (Lipinski definition) is 0. The molecule has 10 heavy (non-hydrogen) atoms. The summed E-state index contributed by atoms with van der Waals surface area (Å²) in [5, 5.41) is 0. The average molecular weight is 142 g/mol. The summed E-state index contributed by atoms with van der Waals surface area (Å²) in [5.41, 5.74) is 0. The lowest BCUT2D eigenvalue weighted by molar-refractivity contribution is -0.130. The Morgan fingerprint density at radius 2 is 2.10 bits per heavy atom. The van der Waals surface area contributed by atoms with Gasteiger partial charge in [0.05, 0.1) is 0 Å². The second-order valence-electron chi connectivity index (χ2n) is 2.18. The smallest absolute Gasteiger partial charge is 0.222 e. The Kier molecular flexibility index (Phi) is 4.99. The lowest BCUT2D eigenvalue weighted by Crippen LogP contribution is -2.30. The molecule has 1 amide bonds. The van der Waals surface area contributed by atoms with Gasteiger partial charge in [-0.05, 0) is 13.3 Å². The monoisotopic (exact) mass is 142 g/mol. The third-order valence-electron chi connectivity index (χ3n) is 1.46. The molecule has 0 saturated heterocycles. The number of carbonyl (C=O) groups excluding carboxylic acids is 1. The Hall–Kier alpha value is -0.530. The molecule has 0 aromatic heterocycles. The molecule has 2 nitrogen and oxygen atoms in total. The summed E-state index contributed by atoms with van der Waals surface area (Å²) >= 11 is 0. The highest BCUT2D eigenvalue weighted by atomic mass is 16.2. The van der Waals surface area contributed by atoms with E-state index >= 15 is 0 Å². The van der Waals surface area contributed by atoms with Crippen molar-refractivity contribution in [3.63, 3.8) is 0 Å². The van der Waals surface area contributed by atoms with E-state index in [1.165, 1.54) is 0 Å². The predicted octanol–water partition coefficient (Wildman–Crippen LogP) is 1.47. The Labute approximate surface area is 63.2 Å². The van der Waals surface area contributed by atoms with Crippen molar-refractivity contribution in [3.8, 4) is 0 Å². The molecule has 0 fully saturated rings. The SMILES string of the molecule is [CH2]CCN(CC)C(=O)CC. The number of nitrogens with zero attached hydrogens (tertiary/aromatic N) is 1. The molecule has 1 radical (unpaired) electrons. The van der Waals surface area contributed by atoms with Crippen LogP contribution in [0.15, 0.2) is 0 Å². The van der Waals surface area contributed by atoms with Crippen LogP contribution in [0.1, 0.15) is 26.7 Å². The molecule has 0 aromatic carbocycles. The number of rotatable bonds is 4. The second-order valence-corrected chi connectivity index (χ2v) is 2.18. The molecule has 0 aliphatic rings. The van der Waals surface area contributed by atoms with Crippen LogP contribution < -0.4 is 0 Å². The van der Waals surface area contributed by atoms with Crippen LogP contribution in [0, 0.1) is 6.92 Å². The van der Waals surface area contributed by atoms with Crippen molar-refractivity contribution in [3.05, 3.63) is 6.92 Å². The minimum Gasteiger partial charge on any atom is -0.343 e. The molecule has 0 rings (SSSR count). The Bertz CT molecular complexity index is 101. The van der Waals surface area contributed by atoms with Crippen LogP contribution in [-0.4, -0.2) is 23.9 Å². The van der Waals surface area contributed by atoms with Crippen LogP contribution in [0.3, 0.4) is 0 Å². The molecular weight excluding hydrogens is 126 g/mol. The lowest BCUT2D eigenvalue weighted by Gasteiger charge is -2.18. The van der Waals surface area contributed by atoms with E-state index in [9.17, 15) is 4.79 Å². The van der Waals surface area contributed by atoms with E-state index in [2.05, 4.69) is 6.92 Å². The van der Waals surface area contributed by atoms with Gasteiger partial charge in [-0.2, -0.15) is 0 Å². The lowest BCUT2D eigenvalue weighted by atomic mass is 10.3. The van der Waals surface area contributed by atoms with Gasteiger partial charge in [0, 0.05) is 19.5 Å². The first kappa shape index (κ1) is 9.47. The standard InChI is InChI=1S/C8H16NO/c1-4-7-9(6-3)8(10)5-2/h1,4-7H2,2-3H3. The summed E-state index contributed by atoms with van der Waals surface area (Å²) < 4.78 is 0. The van der Waals surface area contributed by atoms with Crippen molar-refractivity contribution in [1.82, 2.24) is 4.90 Å². The largest absolute Gasteiger partial charge is 0.343 e. The molecular formula is C8H16NO. The average Bonchev–Trinajstić information content (AvgIpc) is 1.99. The molecule has 0 unspecified atom stereocenters. The highest BCUT2D eigenvalue weighted by Crippen LogP contribution is 1.94. The van der Waals surface area contributed by atoms with E-state index in [-0.39, 0.29) is 5.91 Å². The Morgan fingerprint density at radius 3 is 2.40 bits per heavy atom. The van der Waals surface area contributed by atoms with E-state index in [1.54, 1.807) is 0 Å². The highest BCUT2D eigenvalue weighted by molar-refractivity contribution is 5.75. The van der Waals surface area contributed by atoms with Crippen molar-refractivity contribution >= 4 is 5.91 Å². The molecule has 0 N–H and O–H groups in total. The van der Waals surface area contributed by atoms with Gasteiger partial charge in [0.2, 0.25) is 5.91 Å². The topological polar surface area (TPSA) is 20.3 Å². The predicted molar refractivity (Wildman–Crippen MR) is 42.5 cm³/mol. The zero-order chi connectivity index (χ0) is 7.98. The maximum absolute atomic E-state index is 11.0. The zero-order valence-electron chi connectivity index (χ0n) is 6.89. The number of hydrogen-bond acceptors (Lipinski definition) is 1. The summed E-state index contributed by atoms with van der Waals surface area (Å²) in [6.45, 7) is 9.17. The van der Waals surface area contributed by atoms with Gasteiger partial charge in [0.15, 0.2) is 0 Å². The van der Waals surface area contributed by atoms with E-state index in [0.29, 0.717) is 6.42 Å². The van der Waals surface area contributed by atoms with Gasteiger partial charge in [-0.1, -0.05) is 13.8 Å². The fraction of sp³-hybridized carbons (Fsp3) is 0.750. The van der Waals surface area contributed by atoms with E-state index in [0.717, 1.165) is 19.5 Å². The fourth-order valence-electron chi connectivity index (χ4n) is 0.874. The van der Waals surface area contributed by atoms with Crippen LogP contribution in [0.4, 0.5) is 0 Å². The maximum atomic E-state index is 11.0. The van der Waals surface area contributed by atoms with Crippen molar-refractivity contribution in [2.75, 3.05) is 13.1 Å². The Morgan fingerprint density at radius 1 is 1.50 bits per heavy atom. The fourth-order valence-corrected chi connectivity index (χ4v) is 0.874. The quantitative estimate of drug-likeness (QED) is 0.582. The van der Waals surface area contributed by atoms with Gasteiger partial charge in [0.1, 0.15) is 0 Å². The first-order valence-electron chi connectivity index (χ1n) is 3.83. The van der Waals surface area contributed by atoms with Crippen molar-refractivity contribution in [2.45, 2.75) is 26.7 Å². The van der Waals surface area contributed by atoms with Crippen LogP contribution in [0.5, 0.6) is 0 Å². The zero-order valence-corrected chi connectivity index (χ0v) is 6.89. The molecule has 0 aromatic rings. The van der Waals surface area contributed by atoms with Crippen molar-refractivity contribution in [1.29, 1.82) is 0 Å². The Balaban J connectivity index is 3.68. The summed E-state index contributed by atoms with van der Waals surface area (Å²) in [5.74, 6) is 0.228. The van der Waals surface area contributed by atoms with Crippen LogP contribution in [0.2, 0.25) is 0 Å². The minimum atomic E-state index is 0.228. The number of amides is 1. The third kappa shape index (κ3) is 2.85. The summed E-state index contributed by atoms with van der Waals surface area (Å²) in [6, 6.07) is 0. The van der Waals surface area contributed by atoms with Crippen LogP contribution >= 0.6 is 0 Å². The minimum absolute atomic E-state index is 0.228. The van der Waals surface area contributed by atoms with Gasteiger partial charge in [-0.25, -0.2) is 0 Å². The summed E-state index contributed by atoms with van der Waals surface area (Å²) in [4.78, 5) is 12.9. The molecule has 0 atom stereocenters. The van der Waals surface area contributed by atoms with Crippen molar-refractivity contribution in [2.24, 2.45) is 0 Å². The van der Waals surface area contributed by atoms with Crippen LogP contribution in [-0.2, 0) is 4.79 Å². The van der Waals surface area contributed by atoms with E-state index < -0.39 is 0 Å². The summed E-state index contributed by atoms with van der Waals surface area (Å²) in [7, 11) is 0. The molecule has 0 saturated carbocycles. The van der Waals surface area contributed by atoms with Gasteiger partial charge < -0.3 is 4.90 Å². The molecule has 0 bridgehead atoms. The van der Waals surface area contributed by atoms with Gasteiger partial charge >= 0.3 is 0 Å². The third-order valence-corrected chi connectivity index (χ3v) is 1.46.